The highest BCUT2D eigenvalue weighted by Crippen LogP contribution is 2.14. The van der Waals surface area contributed by atoms with Crippen molar-refractivity contribution in [3.8, 4) is 0 Å². The fourth-order valence-corrected chi connectivity index (χ4v) is 2.16. The Kier molecular flexibility index (Phi) is 6.15. The molecule has 5 nitrogen and oxygen atoms in total. The van der Waals surface area contributed by atoms with Gasteiger partial charge in [-0.05, 0) is 26.3 Å². The van der Waals surface area contributed by atoms with E-state index in [4.69, 9.17) is 4.74 Å². The van der Waals surface area contributed by atoms with Crippen LogP contribution in [0.3, 0.4) is 0 Å². The predicted molar refractivity (Wildman–Crippen MR) is 64.8 cm³/mol. The minimum absolute atomic E-state index is 0.00646. The number of piperidine rings is 1. The summed E-state index contributed by atoms with van der Waals surface area (Å²) in [5, 5.41) is 2.85. The summed E-state index contributed by atoms with van der Waals surface area (Å²) >= 11 is 0. The molecule has 0 aliphatic carbocycles. The minimum Gasteiger partial charge on any atom is -0.383 e. The van der Waals surface area contributed by atoms with Gasteiger partial charge in [0.25, 0.3) is 0 Å². The number of carbonyl (C=O) groups is 2. The number of methoxy groups -OCH3 is 1. The molecule has 17 heavy (non-hydrogen) atoms. The number of rotatable bonds is 6. The predicted octanol–water partition coefficient (Wildman–Crippen LogP) is 0.191. The maximum absolute atomic E-state index is 11.7. The molecule has 0 saturated carbocycles. The molecule has 1 amide bonds. The zero-order chi connectivity index (χ0) is 12.7. The number of aldehydes is 1. The maximum Gasteiger partial charge on any atom is 0.234 e. The van der Waals surface area contributed by atoms with Gasteiger partial charge < -0.3 is 14.8 Å². The summed E-state index contributed by atoms with van der Waals surface area (Å²) in [4.78, 5) is 24.6. The van der Waals surface area contributed by atoms with Crippen LogP contribution < -0.4 is 5.32 Å². The average molecular weight is 242 g/mol. The van der Waals surface area contributed by atoms with Crippen molar-refractivity contribution in [2.75, 3.05) is 26.8 Å². The summed E-state index contributed by atoms with van der Waals surface area (Å²) in [6.07, 6.45) is 3.95. The maximum atomic E-state index is 11.7. The van der Waals surface area contributed by atoms with Crippen LogP contribution >= 0.6 is 0 Å². The van der Waals surface area contributed by atoms with Gasteiger partial charge in [-0.1, -0.05) is 6.42 Å². The van der Waals surface area contributed by atoms with Gasteiger partial charge in [0.1, 0.15) is 6.29 Å². The van der Waals surface area contributed by atoms with E-state index in [0.29, 0.717) is 13.2 Å². The van der Waals surface area contributed by atoms with Crippen LogP contribution in [0.25, 0.3) is 0 Å². The summed E-state index contributed by atoms with van der Waals surface area (Å²) in [6, 6.07) is -0.0841. The number of likely N-dealkylation sites (tertiary alicyclic amines) is 1. The van der Waals surface area contributed by atoms with Gasteiger partial charge in [-0.25, -0.2) is 0 Å². The van der Waals surface area contributed by atoms with Crippen molar-refractivity contribution in [1.82, 2.24) is 10.2 Å². The van der Waals surface area contributed by atoms with Gasteiger partial charge in [0.2, 0.25) is 5.91 Å². The molecule has 0 aromatic carbocycles. The monoisotopic (exact) mass is 242 g/mol. The number of hydrogen-bond donors (Lipinski definition) is 1. The lowest BCUT2D eigenvalue weighted by atomic mass is 10.0. The quantitative estimate of drug-likeness (QED) is 0.676. The number of carbonyl (C=O) groups excluding carboxylic acids is 2. The van der Waals surface area contributed by atoms with Crippen molar-refractivity contribution >= 4 is 12.2 Å². The van der Waals surface area contributed by atoms with Crippen LogP contribution in [0, 0.1) is 0 Å². The van der Waals surface area contributed by atoms with Crippen LogP contribution in [0.15, 0.2) is 0 Å². The molecule has 0 bridgehead atoms. The fourth-order valence-electron chi connectivity index (χ4n) is 2.16. The van der Waals surface area contributed by atoms with Crippen molar-refractivity contribution in [1.29, 1.82) is 0 Å². The molecule has 0 aromatic heterocycles. The Morgan fingerprint density at radius 3 is 3.00 bits per heavy atom. The zero-order valence-corrected chi connectivity index (χ0v) is 10.6. The van der Waals surface area contributed by atoms with Crippen molar-refractivity contribution in [2.24, 2.45) is 0 Å². The third-order valence-electron chi connectivity index (χ3n) is 2.99. The van der Waals surface area contributed by atoms with Crippen molar-refractivity contribution < 1.29 is 14.3 Å². The molecule has 1 N–H and O–H groups in total. The molecule has 5 heteroatoms. The topological polar surface area (TPSA) is 58.6 Å². The van der Waals surface area contributed by atoms with Gasteiger partial charge in [0.05, 0.1) is 19.2 Å². The number of hydrogen-bond acceptors (Lipinski definition) is 4. The van der Waals surface area contributed by atoms with E-state index in [9.17, 15) is 9.59 Å². The molecule has 1 heterocycles. The third kappa shape index (κ3) is 4.83. The summed E-state index contributed by atoms with van der Waals surface area (Å²) in [5.74, 6) is -0.0386. The van der Waals surface area contributed by atoms with Gasteiger partial charge >= 0.3 is 0 Å². The summed E-state index contributed by atoms with van der Waals surface area (Å²) in [6.45, 7) is 3.53. The van der Waals surface area contributed by atoms with Crippen molar-refractivity contribution in [3.63, 3.8) is 0 Å². The third-order valence-corrected chi connectivity index (χ3v) is 2.99. The molecule has 98 valence electrons. The summed E-state index contributed by atoms with van der Waals surface area (Å²) in [7, 11) is 1.61. The molecule has 0 aromatic rings. The Morgan fingerprint density at radius 1 is 1.59 bits per heavy atom. The smallest absolute Gasteiger partial charge is 0.234 e. The first-order chi connectivity index (χ1) is 8.17. The van der Waals surface area contributed by atoms with Crippen molar-refractivity contribution in [3.05, 3.63) is 0 Å². The highest BCUT2D eigenvalue weighted by atomic mass is 16.5. The lowest BCUT2D eigenvalue weighted by Crippen LogP contribution is -2.48. The molecular formula is C12H22N2O3. The van der Waals surface area contributed by atoms with Crippen LogP contribution in [-0.4, -0.2) is 56.0 Å². The van der Waals surface area contributed by atoms with Crippen LogP contribution in [0.1, 0.15) is 26.2 Å². The molecule has 0 spiro atoms. The number of ether oxygens (including phenoxy) is 1. The first kappa shape index (κ1) is 14.1. The first-order valence-electron chi connectivity index (χ1n) is 6.15. The zero-order valence-electron chi connectivity index (χ0n) is 10.6. The summed E-state index contributed by atoms with van der Waals surface area (Å²) < 4.78 is 4.95. The molecule has 2 unspecified atom stereocenters. The molecule has 1 rings (SSSR count). The Hall–Kier alpha value is -0.940. The van der Waals surface area contributed by atoms with Crippen LogP contribution in [-0.2, 0) is 14.3 Å². The van der Waals surface area contributed by atoms with Crippen LogP contribution in [0.5, 0.6) is 0 Å². The number of nitrogens with one attached hydrogen (secondary N) is 1. The van der Waals surface area contributed by atoms with Crippen molar-refractivity contribution in [2.45, 2.75) is 38.3 Å². The SMILES string of the molecule is COCC(C)NC(=O)CN1CCCCC1C=O. The second kappa shape index (κ2) is 7.40. The lowest BCUT2D eigenvalue weighted by molar-refractivity contribution is -0.125. The summed E-state index contributed by atoms with van der Waals surface area (Å²) in [5.41, 5.74) is 0. The van der Waals surface area contributed by atoms with Gasteiger partial charge in [-0.15, -0.1) is 0 Å². The van der Waals surface area contributed by atoms with E-state index < -0.39 is 0 Å². The number of amides is 1. The standard InChI is InChI=1S/C12H22N2O3/c1-10(9-17-2)13-12(16)7-14-6-4-3-5-11(14)8-15/h8,10-11H,3-7,9H2,1-2H3,(H,13,16). The van der Waals surface area contributed by atoms with E-state index in [2.05, 4.69) is 5.32 Å². The van der Waals surface area contributed by atoms with E-state index in [1.165, 1.54) is 0 Å². The van der Waals surface area contributed by atoms with E-state index in [0.717, 1.165) is 32.1 Å². The number of nitrogens with zero attached hydrogens (tertiary/aromatic N) is 1. The minimum atomic E-state index is -0.0905. The molecule has 2 atom stereocenters. The normalized spacial score (nSPS) is 23.1. The van der Waals surface area contributed by atoms with Gasteiger partial charge in [-0.2, -0.15) is 0 Å². The highest BCUT2D eigenvalue weighted by Gasteiger charge is 2.23. The lowest BCUT2D eigenvalue weighted by Gasteiger charge is -2.31. The average Bonchev–Trinajstić information content (AvgIpc) is 2.29. The molecule has 1 fully saturated rings. The van der Waals surface area contributed by atoms with Gasteiger partial charge in [-0.3, -0.25) is 9.69 Å². The Balaban J connectivity index is 2.35. The van der Waals surface area contributed by atoms with E-state index >= 15 is 0 Å². The van der Waals surface area contributed by atoms with E-state index in [1.54, 1.807) is 7.11 Å². The Bertz CT molecular complexity index is 258. The Morgan fingerprint density at radius 2 is 2.35 bits per heavy atom. The van der Waals surface area contributed by atoms with Gasteiger partial charge in [0, 0.05) is 13.2 Å². The molecule has 1 saturated heterocycles. The second-order valence-electron chi connectivity index (χ2n) is 4.59. The largest absolute Gasteiger partial charge is 0.383 e. The van der Waals surface area contributed by atoms with Crippen LogP contribution in [0.4, 0.5) is 0 Å². The molecule has 0 radical (unpaired) electrons. The molecule has 1 aliphatic heterocycles. The Labute approximate surface area is 102 Å². The molecule has 1 aliphatic rings. The van der Waals surface area contributed by atoms with Crippen LogP contribution in [0.2, 0.25) is 0 Å². The first-order valence-corrected chi connectivity index (χ1v) is 6.15. The fraction of sp³-hybridized carbons (Fsp3) is 0.833. The molecular weight excluding hydrogens is 220 g/mol. The highest BCUT2D eigenvalue weighted by molar-refractivity contribution is 5.78. The van der Waals surface area contributed by atoms with E-state index in [1.807, 2.05) is 11.8 Å². The second-order valence-corrected chi connectivity index (χ2v) is 4.59. The van der Waals surface area contributed by atoms with Gasteiger partial charge in [0.15, 0.2) is 0 Å². The van der Waals surface area contributed by atoms with E-state index in [-0.39, 0.29) is 18.0 Å².